The van der Waals surface area contributed by atoms with Crippen LogP contribution in [0.3, 0.4) is 0 Å². The van der Waals surface area contributed by atoms with Crippen molar-refractivity contribution in [1.29, 1.82) is 0 Å². The summed E-state index contributed by atoms with van der Waals surface area (Å²) in [4.78, 5) is 38.5. The van der Waals surface area contributed by atoms with Gasteiger partial charge in [0.25, 0.3) is 5.91 Å². The third kappa shape index (κ3) is 4.55. The minimum atomic E-state index is -0.675. The van der Waals surface area contributed by atoms with Gasteiger partial charge in [-0.05, 0) is 38.8 Å². The Morgan fingerprint density at radius 2 is 2.04 bits per heavy atom. The molecule has 1 fully saturated rings. The highest BCUT2D eigenvalue weighted by molar-refractivity contribution is 5.95. The van der Waals surface area contributed by atoms with Crippen molar-refractivity contribution in [2.45, 2.75) is 32.7 Å². The number of furan rings is 1. The maximum absolute atomic E-state index is 12.5. The highest BCUT2D eigenvalue weighted by Crippen LogP contribution is 2.20. The first-order chi connectivity index (χ1) is 12.9. The summed E-state index contributed by atoms with van der Waals surface area (Å²) in [6, 6.07) is 4.12. The van der Waals surface area contributed by atoms with Gasteiger partial charge in [0.2, 0.25) is 11.8 Å². The van der Waals surface area contributed by atoms with E-state index in [4.69, 9.17) is 8.94 Å². The van der Waals surface area contributed by atoms with Crippen molar-refractivity contribution in [3.05, 3.63) is 36.0 Å². The molecule has 0 saturated carbocycles. The molecule has 1 atom stereocenters. The number of likely N-dealkylation sites (tertiary alicyclic amines) is 1. The molecule has 1 saturated heterocycles. The fraction of sp³-hybridized carbons (Fsp3) is 0.444. The highest BCUT2D eigenvalue weighted by Gasteiger charge is 2.30. The lowest BCUT2D eigenvalue weighted by Gasteiger charge is -2.33. The number of carbonyl (C=O) groups is 3. The monoisotopic (exact) mass is 374 g/mol. The molecule has 1 aliphatic rings. The fourth-order valence-electron chi connectivity index (χ4n) is 3.03. The Hall–Kier alpha value is -3.10. The van der Waals surface area contributed by atoms with E-state index in [-0.39, 0.29) is 23.5 Å². The van der Waals surface area contributed by atoms with Crippen molar-refractivity contribution in [2.75, 3.05) is 18.4 Å². The Kier molecular flexibility index (Phi) is 5.58. The molecule has 1 aliphatic heterocycles. The zero-order valence-electron chi connectivity index (χ0n) is 15.2. The number of carbonyl (C=O) groups excluding carboxylic acids is 3. The average Bonchev–Trinajstić information content (AvgIpc) is 3.33. The number of aryl methyl sites for hydroxylation is 1. The van der Waals surface area contributed by atoms with Crippen molar-refractivity contribution >= 4 is 23.5 Å². The number of piperidine rings is 1. The minimum Gasteiger partial charge on any atom is -0.459 e. The Balaban J connectivity index is 1.47. The van der Waals surface area contributed by atoms with Crippen LogP contribution < -0.4 is 10.6 Å². The molecule has 2 aromatic heterocycles. The van der Waals surface area contributed by atoms with Gasteiger partial charge in [-0.1, -0.05) is 5.16 Å². The second kappa shape index (κ2) is 8.07. The molecule has 1 unspecified atom stereocenters. The van der Waals surface area contributed by atoms with Gasteiger partial charge in [0, 0.05) is 25.1 Å². The van der Waals surface area contributed by atoms with Crippen molar-refractivity contribution in [3.8, 4) is 0 Å². The molecule has 27 heavy (non-hydrogen) atoms. The molecule has 144 valence electrons. The molecule has 2 N–H and O–H groups in total. The van der Waals surface area contributed by atoms with Crippen molar-refractivity contribution < 1.29 is 23.3 Å². The van der Waals surface area contributed by atoms with Crippen LogP contribution in [0, 0.1) is 12.8 Å². The molecule has 2 aromatic rings. The SMILES string of the molecule is Cc1cc(NC(=O)C2CCN(C(=O)C(C)NC(=O)c3ccco3)CC2)no1. The van der Waals surface area contributed by atoms with E-state index in [0.29, 0.717) is 37.5 Å². The van der Waals surface area contributed by atoms with Crippen LogP contribution in [-0.4, -0.2) is 46.9 Å². The van der Waals surface area contributed by atoms with Crippen LogP contribution in [-0.2, 0) is 9.59 Å². The van der Waals surface area contributed by atoms with Crippen LogP contribution in [0.4, 0.5) is 5.82 Å². The van der Waals surface area contributed by atoms with Gasteiger partial charge in [0.05, 0.1) is 6.26 Å². The van der Waals surface area contributed by atoms with E-state index < -0.39 is 11.9 Å². The van der Waals surface area contributed by atoms with Gasteiger partial charge in [-0.2, -0.15) is 0 Å². The van der Waals surface area contributed by atoms with Crippen LogP contribution in [0.5, 0.6) is 0 Å². The molecule has 0 bridgehead atoms. The number of anilines is 1. The topological polar surface area (TPSA) is 118 Å². The van der Waals surface area contributed by atoms with Crippen LogP contribution in [0.15, 0.2) is 33.4 Å². The summed E-state index contributed by atoms with van der Waals surface area (Å²) in [6.07, 6.45) is 2.50. The zero-order chi connectivity index (χ0) is 19.4. The van der Waals surface area contributed by atoms with Gasteiger partial charge in [-0.15, -0.1) is 0 Å². The quantitative estimate of drug-likeness (QED) is 0.820. The average molecular weight is 374 g/mol. The van der Waals surface area contributed by atoms with Crippen LogP contribution >= 0.6 is 0 Å². The molecule has 0 aromatic carbocycles. The lowest BCUT2D eigenvalue weighted by molar-refractivity contribution is -0.135. The summed E-state index contributed by atoms with van der Waals surface area (Å²) >= 11 is 0. The van der Waals surface area contributed by atoms with E-state index in [1.165, 1.54) is 12.3 Å². The summed E-state index contributed by atoms with van der Waals surface area (Å²) in [5.74, 6) is 0.238. The summed E-state index contributed by atoms with van der Waals surface area (Å²) in [6.45, 7) is 4.29. The second-order valence-corrected chi connectivity index (χ2v) is 6.58. The normalized spacial score (nSPS) is 16.0. The first kappa shape index (κ1) is 18.7. The summed E-state index contributed by atoms with van der Waals surface area (Å²) in [5, 5.41) is 9.10. The first-order valence-corrected chi connectivity index (χ1v) is 8.81. The number of nitrogens with one attached hydrogen (secondary N) is 2. The van der Waals surface area contributed by atoms with Gasteiger partial charge in [0.1, 0.15) is 11.8 Å². The largest absolute Gasteiger partial charge is 0.459 e. The molecular weight excluding hydrogens is 352 g/mol. The fourth-order valence-corrected chi connectivity index (χ4v) is 3.03. The molecule has 3 rings (SSSR count). The maximum Gasteiger partial charge on any atom is 0.287 e. The van der Waals surface area contributed by atoms with Gasteiger partial charge in [0.15, 0.2) is 11.6 Å². The second-order valence-electron chi connectivity index (χ2n) is 6.58. The molecule has 0 aliphatic carbocycles. The smallest absolute Gasteiger partial charge is 0.287 e. The van der Waals surface area contributed by atoms with E-state index >= 15 is 0 Å². The van der Waals surface area contributed by atoms with Gasteiger partial charge in [-0.25, -0.2) is 0 Å². The standard InChI is InChI=1S/C18H22N4O5/c1-11-10-15(21-27-11)20-16(23)13-5-7-22(8-6-13)18(25)12(2)19-17(24)14-4-3-9-26-14/h3-4,9-10,12-13H,5-8H2,1-2H3,(H,19,24)(H,20,21,23). The molecule has 0 radical (unpaired) electrons. The molecule has 3 amide bonds. The molecule has 0 spiro atoms. The van der Waals surface area contributed by atoms with Crippen molar-refractivity contribution in [2.24, 2.45) is 5.92 Å². The zero-order valence-corrected chi connectivity index (χ0v) is 15.2. The predicted octanol–water partition coefficient (Wildman–Crippen LogP) is 1.57. The van der Waals surface area contributed by atoms with E-state index in [2.05, 4.69) is 15.8 Å². The Labute approximate surface area is 156 Å². The number of hydrogen-bond acceptors (Lipinski definition) is 6. The summed E-state index contributed by atoms with van der Waals surface area (Å²) < 4.78 is 9.95. The third-order valence-corrected chi connectivity index (χ3v) is 4.52. The number of rotatable bonds is 5. The van der Waals surface area contributed by atoms with E-state index in [1.807, 2.05) is 0 Å². The predicted molar refractivity (Wildman–Crippen MR) is 94.8 cm³/mol. The Bertz CT molecular complexity index is 806. The van der Waals surface area contributed by atoms with Gasteiger partial charge >= 0.3 is 0 Å². The summed E-state index contributed by atoms with van der Waals surface area (Å²) in [5.41, 5.74) is 0. The molecule has 3 heterocycles. The van der Waals surface area contributed by atoms with Crippen LogP contribution in [0.1, 0.15) is 36.1 Å². The Morgan fingerprint density at radius 3 is 2.63 bits per heavy atom. The molecular formula is C18H22N4O5. The first-order valence-electron chi connectivity index (χ1n) is 8.81. The van der Waals surface area contributed by atoms with Gasteiger partial charge in [-0.3, -0.25) is 14.4 Å². The van der Waals surface area contributed by atoms with E-state index in [9.17, 15) is 14.4 Å². The van der Waals surface area contributed by atoms with Gasteiger partial charge < -0.3 is 24.5 Å². The minimum absolute atomic E-state index is 0.130. The van der Waals surface area contributed by atoms with E-state index in [1.54, 1.807) is 30.9 Å². The molecule has 9 heteroatoms. The molecule has 9 nitrogen and oxygen atoms in total. The van der Waals surface area contributed by atoms with Crippen molar-refractivity contribution in [1.82, 2.24) is 15.4 Å². The third-order valence-electron chi connectivity index (χ3n) is 4.52. The Morgan fingerprint density at radius 1 is 1.30 bits per heavy atom. The highest BCUT2D eigenvalue weighted by atomic mass is 16.5. The number of nitrogens with zero attached hydrogens (tertiary/aromatic N) is 2. The van der Waals surface area contributed by atoms with Crippen molar-refractivity contribution in [3.63, 3.8) is 0 Å². The number of amides is 3. The lowest BCUT2D eigenvalue weighted by Crippen LogP contribution is -2.50. The number of hydrogen-bond donors (Lipinski definition) is 2. The van der Waals surface area contributed by atoms with Crippen LogP contribution in [0.2, 0.25) is 0 Å². The summed E-state index contributed by atoms with van der Waals surface area (Å²) in [7, 11) is 0. The lowest BCUT2D eigenvalue weighted by atomic mass is 9.95. The van der Waals surface area contributed by atoms with Crippen LogP contribution in [0.25, 0.3) is 0 Å². The van der Waals surface area contributed by atoms with E-state index in [0.717, 1.165) is 0 Å². The maximum atomic E-state index is 12.5. The number of aromatic nitrogens is 1.